The smallest absolute Gasteiger partial charge is 0.213 e. The molecule has 1 aromatic heterocycles. The molecule has 2 saturated heterocycles. The fourth-order valence-electron chi connectivity index (χ4n) is 4.94. The van der Waals surface area contributed by atoms with Crippen LogP contribution < -0.4 is 5.32 Å². The molecule has 168 valence electrons. The lowest BCUT2D eigenvalue weighted by molar-refractivity contribution is 0.0372. The van der Waals surface area contributed by atoms with Crippen LogP contribution in [0.4, 0.5) is 0 Å². The minimum absolute atomic E-state index is 0.0264. The van der Waals surface area contributed by atoms with Crippen molar-refractivity contribution in [2.75, 3.05) is 26.7 Å². The maximum absolute atomic E-state index is 5.93. The molecule has 0 amide bonds. The second-order valence-electron chi connectivity index (χ2n) is 9.93. The number of guanidine groups is 1. The number of nitrogens with one attached hydrogen (secondary N) is 1. The van der Waals surface area contributed by atoms with Crippen LogP contribution in [0, 0.1) is 5.92 Å². The van der Waals surface area contributed by atoms with Crippen molar-refractivity contribution in [3.05, 3.63) is 53.7 Å². The molecule has 2 aromatic rings. The van der Waals surface area contributed by atoms with E-state index in [0.717, 1.165) is 31.4 Å². The Kier molecular flexibility index (Phi) is 6.65. The molecule has 2 unspecified atom stereocenters. The van der Waals surface area contributed by atoms with Gasteiger partial charge in [-0.2, -0.15) is 0 Å². The second kappa shape index (κ2) is 9.43. The van der Waals surface area contributed by atoms with Crippen molar-refractivity contribution in [1.82, 2.24) is 20.1 Å². The minimum Gasteiger partial charge on any atom is -0.443 e. The number of benzene rings is 1. The van der Waals surface area contributed by atoms with Crippen LogP contribution in [0.3, 0.4) is 0 Å². The van der Waals surface area contributed by atoms with Gasteiger partial charge in [-0.25, -0.2) is 4.98 Å². The molecular weight excluding hydrogens is 386 g/mol. The highest BCUT2D eigenvalue weighted by atomic mass is 16.4. The third kappa shape index (κ3) is 5.29. The molecule has 31 heavy (non-hydrogen) atoms. The molecule has 0 radical (unpaired) electrons. The van der Waals surface area contributed by atoms with Gasteiger partial charge < -0.3 is 14.6 Å². The van der Waals surface area contributed by atoms with Crippen molar-refractivity contribution in [2.24, 2.45) is 10.9 Å². The summed E-state index contributed by atoms with van der Waals surface area (Å²) in [6.07, 6.45) is 5.61. The van der Waals surface area contributed by atoms with Crippen molar-refractivity contribution < 1.29 is 4.42 Å². The van der Waals surface area contributed by atoms with E-state index in [9.17, 15) is 0 Å². The number of likely N-dealkylation sites (tertiary alicyclic amines) is 2. The van der Waals surface area contributed by atoms with Crippen LogP contribution in [-0.4, -0.2) is 53.5 Å². The number of piperidine rings is 2. The van der Waals surface area contributed by atoms with Gasteiger partial charge in [0.1, 0.15) is 5.76 Å². The number of nitrogens with zero attached hydrogens (tertiary/aromatic N) is 4. The van der Waals surface area contributed by atoms with Crippen LogP contribution >= 0.6 is 0 Å². The van der Waals surface area contributed by atoms with Gasteiger partial charge in [0.2, 0.25) is 5.89 Å². The summed E-state index contributed by atoms with van der Waals surface area (Å²) in [5.41, 5.74) is 1.39. The summed E-state index contributed by atoms with van der Waals surface area (Å²) in [4.78, 5) is 14.1. The van der Waals surface area contributed by atoms with Crippen molar-refractivity contribution in [3.63, 3.8) is 0 Å². The number of hydrogen-bond donors (Lipinski definition) is 1. The van der Waals surface area contributed by atoms with E-state index >= 15 is 0 Å². The van der Waals surface area contributed by atoms with Crippen LogP contribution in [-0.2, 0) is 18.5 Å². The average molecular weight is 424 g/mol. The Labute approximate surface area is 186 Å². The summed E-state index contributed by atoms with van der Waals surface area (Å²) in [7, 11) is 1.87. The zero-order valence-corrected chi connectivity index (χ0v) is 19.5. The Morgan fingerprint density at radius 1 is 1.19 bits per heavy atom. The monoisotopic (exact) mass is 423 g/mol. The predicted molar refractivity (Wildman–Crippen MR) is 125 cm³/mol. The summed E-state index contributed by atoms with van der Waals surface area (Å²) < 4.78 is 5.93. The van der Waals surface area contributed by atoms with Gasteiger partial charge in [-0.1, -0.05) is 51.1 Å². The highest BCUT2D eigenvalue weighted by molar-refractivity contribution is 5.79. The molecule has 6 heteroatoms. The molecule has 2 aliphatic heterocycles. The minimum atomic E-state index is -0.0264. The molecule has 6 nitrogen and oxygen atoms in total. The number of hydrogen-bond acceptors (Lipinski definition) is 4. The standard InChI is InChI=1S/C25H37N5O/c1-25(2,3)22-15-27-23(31-22)16-28-24(26-4)30-14-12-21-20(18-30)11-8-13-29(21)17-19-9-6-5-7-10-19/h5-7,9-10,15,20-21H,8,11-14,16-18H2,1-4H3,(H,26,28). The van der Waals surface area contributed by atoms with E-state index in [-0.39, 0.29) is 5.41 Å². The van der Waals surface area contributed by atoms with Gasteiger partial charge >= 0.3 is 0 Å². The van der Waals surface area contributed by atoms with E-state index in [1.807, 2.05) is 13.2 Å². The summed E-state index contributed by atoms with van der Waals surface area (Å²) >= 11 is 0. The Morgan fingerprint density at radius 3 is 2.71 bits per heavy atom. The third-order valence-corrected chi connectivity index (χ3v) is 6.61. The van der Waals surface area contributed by atoms with Gasteiger partial charge in [0, 0.05) is 38.1 Å². The van der Waals surface area contributed by atoms with Crippen LogP contribution in [0.2, 0.25) is 0 Å². The van der Waals surface area contributed by atoms with Crippen LogP contribution in [0.25, 0.3) is 0 Å². The molecule has 2 fully saturated rings. The molecule has 0 saturated carbocycles. The lowest BCUT2D eigenvalue weighted by Gasteiger charge is -2.48. The first-order chi connectivity index (χ1) is 14.9. The maximum Gasteiger partial charge on any atom is 0.213 e. The van der Waals surface area contributed by atoms with Crippen molar-refractivity contribution in [2.45, 2.75) is 64.6 Å². The Bertz CT molecular complexity index is 870. The number of rotatable bonds is 4. The van der Waals surface area contributed by atoms with E-state index < -0.39 is 0 Å². The van der Waals surface area contributed by atoms with E-state index in [0.29, 0.717) is 24.4 Å². The molecule has 4 rings (SSSR count). The number of aliphatic imine (C=N–C) groups is 1. The summed E-state index contributed by atoms with van der Waals surface area (Å²) in [5, 5.41) is 3.47. The summed E-state index contributed by atoms with van der Waals surface area (Å²) in [6, 6.07) is 11.6. The number of fused-ring (bicyclic) bond motifs is 1. The van der Waals surface area contributed by atoms with E-state index in [2.05, 4.69) is 76.2 Å². The fourth-order valence-corrected chi connectivity index (χ4v) is 4.94. The largest absolute Gasteiger partial charge is 0.443 e. The van der Waals surface area contributed by atoms with Crippen molar-refractivity contribution >= 4 is 5.96 Å². The molecule has 0 bridgehead atoms. The number of oxazole rings is 1. The van der Waals surface area contributed by atoms with Gasteiger partial charge in [0.15, 0.2) is 5.96 Å². The van der Waals surface area contributed by atoms with Crippen molar-refractivity contribution in [3.8, 4) is 0 Å². The highest BCUT2D eigenvalue weighted by Crippen LogP contribution is 2.31. The summed E-state index contributed by atoms with van der Waals surface area (Å²) in [6.45, 7) is 11.3. The zero-order chi connectivity index (χ0) is 21.8. The van der Waals surface area contributed by atoms with Gasteiger partial charge in [-0.15, -0.1) is 0 Å². The lowest BCUT2D eigenvalue weighted by Crippen LogP contribution is -2.56. The molecular formula is C25H37N5O. The van der Waals surface area contributed by atoms with Crippen molar-refractivity contribution in [1.29, 1.82) is 0 Å². The van der Waals surface area contributed by atoms with Gasteiger partial charge in [-0.05, 0) is 37.3 Å². The predicted octanol–water partition coefficient (Wildman–Crippen LogP) is 4.03. The van der Waals surface area contributed by atoms with Crippen LogP contribution in [0.5, 0.6) is 0 Å². The van der Waals surface area contributed by atoms with E-state index in [1.54, 1.807) is 0 Å². The van der Waals surface area contributed by atoms with Gasteiger partial charge in [0.25, 0.3) is 0 Å². The van der Waals surface area contributed by atoms with Crippen LogP contribution in [0.1, 0.15) is 57.2 Å². The molecule has 2 aliphatic rings. The lowest BCUT2D eigenvalue weighted by atomic mass is 9.83. The zero-order valence-electron chi connectivity index (χ0n) is 19.5. The first kappa shape index (κ1) is 21.9. The molecule has 2 atom stereocenters. The molecule has 3 heterocycles. The Morgan fingerprint density at radius 2 is 2.00 bits per heavy atom. The van der Waals surface area contributed by atoms with Gasteiger partial charge in [-0.3, -0.25) is 9.89 Å². The van der Waals surface area contributed by atoms with Crippen LogP contribution in [0.15, 0.2) is 45.9 Å². The maximum atomic E-state index is 5.93. The van der Waals surface area contributed by atoms with Gasteiger partial charge in [0.05, 0.1) is 12.7 Å². The first-order valence-corrected chi connectivity index (χ1v) is 11.6. The molecule has 0 aliphatic carbocycles. The summed E-state index contributed by atoms with van der Waals surface area (Å²) in [5.74, 6) is 3.28. The number of aromatic nitrogens is 1. The SMILES string of the molecule is CN=C(NCc1ncc(C(C)(C)C)o1)N1CCC2C(CCCN2Cc2ccccc2)C1. The second-order valence-corrected chi connectivity index (χ2v) is 9.93. The third-order valence-electron chi connectivity index (χ3n) is 6.61. The Hall–Kier alpha value is -2.34. The van der Waals surface area contributed by atoms with E-state index in [4.69, 9.17) is 4.42 Å². The normalized spacial score (nSPS) is 23.0. The average Bonchev–Trinajstić information content (AvgIpc) is 3.25. The highest BCUT2D eigenvalue weighted by Gasteiger charge is 2.36. The molecule has 1 N–H and O–H groups in total. The molecule has 0 spiro atoms. The topological polar surface area (TPSA) is 56.9 Å². The quantitative estimate of drug-likeness (QED) is 0.594. The fraction of sp³-hybridized carbons (Fsp3) is 0.600. The Balaban J connectivity index is 1.34. The van der Waals surface area contributed by atoms with E-state index in [1.165, 1.54) is 31.4 Å². The molecule has 1 aromatic carbocycles. The first-order valence-electron chi connectivity index (χ1n) is 11.6.